The smallest absolute Gasteiger partial charge is 0.230 e. The Bertz CT molecular complexity index is 746. The monoisotopic (exact) mass is 359 g/mol. The third-order valence-electron chi connectivity index (χ3n) is 3.99. The average Bonchev–Trinajstić information content (AvgIpc) is 2.59. The minimum absolute atomic E-state index is 0.00672. The van der Waals surface area contributed by atoms with E-state index in [0.29, 0.717) is 17.3 Å². The second-order valence-electron chi connectivity index (χ2n) is 5.95. The molecule has 0 aromatic heterocycles. The minimum Gasteiger partial charge on any atom is -0.493 e. The molecule has 134 valence electrons. The van der Waals surface area contributed by atoms with Crippen LogP contribution in [0.4, 0.5) is 0 Å². The van der Waals surface area contributed by atoms with Crippen LogP contribution in [0.5, 0.6) is 11.5 Å². The van der Waals surface area contributed by atoms with Crippen LogP contribution >= 0.6 is 11.8 Å². The quantitative estimate of drug-likeness (QED) is 0.749. The van der Waals surface area contributed by atoms with Gasteiger partial charge in [-0.25, -0.2) is 0 Å². The third-order valence-corrected chi connectivity index (χ3v) is 4.99. The molecule has 1 atom stereocenters. The molecule has 0 saturated carbocycles. The summed E-state index contributed by atoms with van der Waals surface area (Å²) in [6.07, 6.45) is 0. The molecule has 0 radical (unpaired) electrons. The Morgan fingerprint density at radius 2 is 1.80 bits per heavy atom. The molecule has 0 spiro atoms. The van der Waals surface area contributed by atoms with Gasteiger partial charge in [0, 0.05) is 4.90 Å². The Labute approximate surface area is 153 Å². The summed E-state index contributed by atoms with van der Waals surface area (Å²) >= 11 is 1.47. The number of hydrogen-bond donors (Lipinski definition) is 1. The zero-order valence-electron chi connectivity index (χ0n) is 15.4. The SMILES string of the molecule is COc1ccc(SCC(=O)N[C@H](C)c2ccc(C)cc2C)cc1OC. The summed E-state index contributed by atoms with van der Waals surface area (Å²) in [6.45, 7) is 6.15. The number of methoxy groups -OCH3 is 2. The number of benzene rings is 2. The predicted octanol–water partition coefficient (Wildman–Crippen LogP) is 4.29. The van der Waals surface area contributed by atoms with Crippen molar-refractivity contribution in [2.75, 3.05) is 20.0 Å². The van der Waals surface area contributed by atoms with Gasteiger partial charge in [0.25, 0.3) is 0 Å². The molecule has 0 aliphatic heterocycles. The van der Waals surface area contributed by atoms with Crippen LogP contribution in [0.1, 0.15) is 29.7 Å². The van der Waals surface area contributed by atoms with Gasteiger partial charge in [-0.3, -0.25) is 4.79 Å². The first kappa shape index (κ1) is 19.2. The van der Waals surface area contributed by atoms with E-state index in [4.69, 9.17) is 9.47 Å². The first-order valence-electron chi connectivity index (χ1n) is 8.16. The summed E-state index contributed by atoms with van der Waals surface area (Å²) in [5.41, 5.74) is 3.57. The van der Waals surface area contributed by atoms with Crippen LogP contribution in [-0.4, -0.2) is 25.9 Å². The number of ether oxygens (including phenoxy) is 2. The molecule has 1 amide bonds. The maximum absolute atomic E-state index is 12.3. The molecule has 0 saturated heterocycles. The predicted molar refractivity (Wildman–Crippen MR) is 103 cm³/mol. The first-order valence-corrected chi connectivity index (χ1v) is 9.14. The summed E-state index contributed by atoms with van der Waals surface area (Å²) in [5, 5.41) is 3.06. The minimum atomic E-state index is -0.0147. The van der Waals surface area contributed by atoms with Crippen molar-refractivity contribution in [1.29, 1.82) is 0 Å². The van der Waals surface area contributed by atoms with Crippen LogP contribution in [-0.2, 0) is 4.79 Å². The van der Waals surface area contributed by atoms with Crippen molar-refractivity contribution in [2.24, 2.45) is 0 Å². The highest BCUT2D eigenvalue weighted by Gasteiger charge is 2.13. The number of amides is 1. The van der Waals surface area contributed by atoms with Crippen molar-refractivity contribution in [3.8, 4) is 11.5 Å². The molecule has 1 N–H and O–H groups in total. The standard InChI is InChI=1S/C20H25NO3S/c1-13-6-8-17(14(2)10-13)15(3)21-20(22)12-25-16-7-9-18(23-4)19(11-16)24-5/h6-11,15H,12H2,1-5H3,(H,21,22)/t15-/m1/s1. The maximum atomic E-state index is 12.3. The van der Waals surface area contributed by atoms with Gasteiger partial charge in [0.2, 0.25) is 5.91 Å². The van der Waals surface area contributed by atoms with Crippen molar-refractivity contribution >= 4 is 17.7 Å². The van der Waals surface area contributed by atoms with Gasteiger partial charge < -0.3 is 14.8 Å². The zero-order valence-corrected chi connectivity index (χ0v) is 16.2. The molecule has 4 nitrogen and oxygen atoms in total. The van der Waals surface area contributed by atoms with E-state index in [-0.39, 0.29) is 11.9 Å². The van der Waals surface area contributed by atoms with E-state index < -0.39 is 0 Å². The third kappa shape index (κ3) is 5.16. The number of hydrogen-bond acceptors (Lipinski definition) is 4. The number of aryl methyl sites for hydroxylation is 2. The van der Waals surface area contributed by atoms with E-state index in [9.17, 15) is 4.79 Å². The van der Waals surface area contributed by atoms with Gasteiger partial charge in [0.15, 0.2) is 11.5 Å². The van der Waals surface area contributed by atoms with Crippen LogP contribution in [0.15, 0.2) is 41.3 Å². The van der Waals surface area contributed by atoms with E-state index in [1.165, 1.54) is 22.9 Å². The highest BCUT2D eigenvalue weighted by atomic mass is 32.2. The molecule has 2 rings (SSSR count). The second kappa shape index (κ2) is 8.81. The highest BCUT2D eigenvalue weighted by molar-refractivity contribution is 8.00. The Morgan fingerprint density at radius 3 is 2.44 bits per heavy atom. The van der Waals surface area contributed by atoms with Crippen molar-refractivity contribution in [3.63, 3.8) is 0 Å². The Balaban J connectivity index is 1.94. The van der Waals surface area contributed by atoms with E-state index in [1.54, 1.807) is 14.2 Å². The van der Waals surface area contributed by atoms with Crippen LogP contribution in [0, 0.1) is 13.8 Å². The van der Waals surface area contributed by atoms with Crippen LogP contribution in [0.2, 0.25) is 0 Å². The van der Waals surface area contributed by atoms with Gasteiger partial charge in [-0.15, -0.1) is 11.8 Å². The number of carbonyl (C=O) groups excluding carboxylic acids is 1. The fourth-order valence-electron chi connectivity index (χ4n) is 2.73. The lowest BCUT2D eigenvalue weighted by Gasteiger charge is -2.17. The summed E-state index contributed by atoms with van der Waals surface area (Å²) < 4.78 is 10.5. The number of thioether (sulfide) groups is 1. The van der Waals surface area contributed by atoms with Crippen molar-refractivity contribution in [2.45, 2.75) is 31.7 Å². The summed E-state index contributed by atoms with van der Waals surface area (Å²) in [6, 6.07) is 11.9. The summed E-state index contributed by atoms with van der Waals surface area (Å²) in [7, 11) is 3.21. The molecule has 25 heavy (non-hydrogen) atoms. The molecule has 0 fully saturated rings. The number of rotatable bonds is 7. The molecule has 0 aliphatic carbocycles. The molecule has 0 heterocycles. The lowest BCUT2D eigenvalue weighted by molar-refractivity contribution is -0.119. The van der Waals surface area contributed by atoms with Crippen LogP contribution in [0.3, 0.4) is 0 Å². The fourth-order valence-corrected chi connectivity index (χ4v) is 3.46. The van der Waals surface area contributed by atoms with E-state index >= 15 is 0 Å². The van der Waals surface area contributed by atoms with E-state index in [0.717, 1.165) is 10.5 Å². The molecular weight excluding hydrogens is 334 g/mol. The Hall–Kier alpha value is -2.14. The molecule has 2 aromatic rings. The molecule has 0 unspecified atom stereocenters. The van der Waals surface area contributed by atoms with E-state index in [1.807, 2.05) is 25.1 Å². The van der Waals surface area contributed by atoms with Gasteiger partial charge in [0.05, 0.1) is 26.0 Å². The van der Waals surface area contributed by atoms with Gasteiger partial charge in [-0.2, -0.15) is 0 Å². The fraction of sp³-hybridized carbons (Fsp3) is 0.350. The molecule has 2 aromatic carbocycles. The average molecular weight is 359 g/mol. The maximum Gasteiger partial charge on any atom is 0.230 e. The Morgan fingerprint density at radius 1 is 1.08 bits per heavy atom. The molecule has 0 bridgehead atoms. The highest BCUT2D eigenvalue weighted by Crippen LogP contribution is 2.31. The van der Waals surface area contributed by atoms with Gasteiger partial charge in [0.1, 0.15) is 0 Å². The first-order chi connectivity index (χ1) is 11.9. The largest absolute Gasteiger partial charge is 0.493 e. The molecule has 0 aliphatic rings. The molecule has 5 heteroatoms. The zero-order chi connectivity index (χ0) is 18.4. The second-order valence-corrected chi connectivity index (χ2v) is 7.00. The van der Waals surface area contributed by atoms with Gasteiger partial charge in [-0.1, -0.05) is 23.8 Å². The van der Waals surface area contributed by atoms with Crippen LogP contribution < -0.4 is 14.8 Å². The van der Waals surface area contributed by atoms with Gasteiger partial charge in [-0.05, 0) is 50.1 Å². The van der Waals surface area contributed by atoms with Gasteiger partial charge >= 0.3 is 0 Å². The van der Waals surface area contributed by atoms with Crippen molar-refractivity contribution in [3.05, 3.63) is 53.1 Å². The summed E-state index contributed by atoms with van der Waals surface area (Å²) in [5.74, 6) is 1.70. The topological polar surface area (TPSA) is 47.6 Å². The Kier molecular flexibility index (Phi) is 6.76. The van der Waals surface area contributed by atoms with Crippen molar-refractivity contribution in [1.82, 2.24) is 5.32 Å². The normalized spacial score (nSPS) is 11.7. The van der Waals surface area contributed by atoms with E-state index in [2.05, 4.69) is 37.4 Å². The lowest BCUT2D eigenvalue weighted by Crippen LogP contribution is -2.28. The number of carbonyl (C=O) groups is 1. The number of nitrogens with one attached hydrogen (secondary N) is 1. The summed E-state index contributed by atoms with van der Waals surface area (Å²) in [4.78, 5) is 13.2. The molecular formula is C20H25NO3S. The van der Waals surface area contributed by atoms with Crippen LogP contribution in [0.25, 0.3) is 0 Å². The lowest BCUT2D eigenvalue weighted by atomic mass is 10.0. The van der Waals surface area contributed by atoms with Crippen molar-refractivity contribution < 1.29 is 14.3 Å².